The molecule has 0 spiro atoms. The van der Waals surface area contributed by atoms with E-state index in [1.54, 1.807) is 0 Å². The number of hydrogen-bond donors (Lipinski definition) is 3. The van der Waals surface area contributed by atoms with Crippen molar-refractivity contribution in [1.82, 2.24) is 0 Å². The van der Waals surface area contributed by atoms with Gasteiger partial charge in [-0.15, -0.1) is 0 Å². The van der Waals surface area contributed by atoms with E-state index < -0.39 is 5.41 Å². The Balaban J connectivity index is 0.000000249. The number of hydrogen-bond acceptors (Lipinski definition) is 9. The topological polar surface area (TPSA) is 126 Å². The maximum Gasteiger partial charge on any atom is 0.104 e. The fraction of sp³-hybridized carbons (Fsp3) is 1.00. The van der Waals surface area contributed by atoms with Crippen LogP contribution in [-0.2, 0) is 28.4 Å². The van der Waals surface area contributed by atoms with Crippen molar-refractivity contribution in [3.05, 3.63) is 0 Å². The van der Waals surface area contributed by atoms with E-state index in [4.69, 9.17) is 43.7 Å². The summed E-state index contributed by atoms with van der Waals surface area (Å²) >= 11 is 0. The second-order valence-electron chi connectivity index (χ2n) is 7.22. The van der Waals surface area contributed by atoms with Crippen molar-refractivity contribution in [2.24, 2.45) is 5.41 Å². The number of ether oxygens (including phenoxy) is 6. The van der Waals surface area contributed by atoms with E-state index in [-0.39, 0.29) is 44.2 Å². The molecule has 0 aromatic rings. The van der Waals surface area contributed by atoms with Crippen molar-refractivity contribution in [2.75, 3.05) is 72.7 Å². The number of aliphatic hydroxyl groups excluding tert-OH is 3. The highest BCUT2D eigenvalue weighted by Crippen LogP contribution is 2.18. The summed E-state index contributed by atoms with van der Waals surface area (Å²) in [5, 5.41) is 26.0. The van der Waals surface area contributed by atoms with Crippen LogP contribution in [0.2, 0.25) is 0 Å². The van der Waals surface area contributed by atoms with Gasteiger partial charge in [0.25, 0.3) is 0 Å². The van der Waals surface area contributed by atoms with Crippen LogP contribution in [0.1, 0.15) is 13.3 Å². The Kier molecular flexibility index (Phi) is 10.4. The molecule has 27 heavy (non-hydrogen) atoms. The molecule has 160 valence electrons. The van der Waals surface area contributed by atoms with E-state index in [0.717, 1.165) is 19.8 Å². The van der Waals surface area contributed by atoms with E-state index >= 15 is 0 Å². The molecule has 0 aliphatic carbocycles. The van der Waals surface area contributed by atoms with E-state index in [1.807, 2.05) is 6.92 Å². The van der Waals surface area contributed by atoms with Crippen LogP contribution in [0.15, 0.2) is 0 Å². The van der Waals surface area contributed by atoms with Gasteiger partial charge in [0.1, 0.15) is 24.4 Å². The molecule has 0 amide bonds. The molecule has 0 radical (unpaired) electrons. The first kappa shape index (κ1) is 22.9. The smallest absolute Gasteiger partial charge is 0.104 e. The molecule has 0 bridgehead atoms. The molecule has 3 N–H and O–H groups in total. The lowest BCUT2D eigenvalue weighted by Crippen LogP contribution is -2.32. The predicted octanol–water partition coefficient (Wildman–Crippen LogP) is -1.04. The third-order valence-electron chi connectivity index (χ3n) is 4.70. The van der Waals surface area contributed by atoms with Gasteiger partial charge >= 0.3 is 0 Å². The Hall–Kier alpha value is -0.360. The van der Waals surface area contributed by atoms with Crippen LogP contribution >= 0.6 is 0 Å². The Bertz CT molecular complexity index is 344. The minimum atomic E-state index is -0.667. The lowest BCUT2D eigenvalue weighted by atomic mass is 9.88. The van der Waals surface area contributed by atoms with Crippen molar-refractivity contribution >= 4 is 0 Å². The zero-order valence-electron chi connectivity index (χ0n) is 16.1. The van der Waals surface area contributed by atoms with Crippen molar-refractivity contribution < 1.29 is 43.7 Å². The van der Waals surface area contributed by atoms with Gasteiger partial charge in [-0.05, 0) is 6.42 Å². The van der Waals surface area contributed by atoms with E-state index in [9.17, 15) is 0 Å². The fourth-order valence-electron chi connectivity index (χ4n) is 2.03. The first-order valence-corrected chi connectivity index (χ1v) is 9.59. The Labute approximate surface area is 160 Å². The highest BCUT2D eigenvalue weighted by Gasteiger charge is 2.27. The van der Waals surface area contributed by atoms with Gasteiger partial charge in [0.05, 0.1) is 72.7 Å². The molecule has 0 saturated carbocycles. The number of rotatable bonds is 15. The second kappa shape index (κ2) is 12.3. The van der Waals surface area contributed by atoms with Crippen molar-refractivity contribution in [1.29, 1.82) is 0 Å². The monoisotopic (exact) mass is 394 g/mol. The third kappa shape index (κ3) is 10.1. The molecule has 0 aromatic heterocycles. The van der Waals surface area contributed by atoms with Gasteiger partial charge in [0, 0.05) is 5.41 Å². The van der Waals surface area contributed by atoms with Crippen LogP contribution in [0.5, 0.6) is 0 Å². The quantitative estimate of drug-likeness (QED) is 0.299. The zero-order valence-corrected chi connectivity index (χ0v) is 16.1. The minimum absolute atomic E-state index is 0.0355. The van der Waals surface area contributed by atoms with Crippen LogP contribution < -0.4 is 0 Å². The van der Waals surface area contributed by atoms with Crippen molar-refractivity contribution in [3.8, 4) is 0 Å². The summed E-state index contributed by atoms with van der Waals surface area (Å²) in [5.74, 6) is 0. The molecule has 3 aliphatic rings. The molecule has 0 aromatic carbocycles. The molecule has 9 nitrogen and oxygen atoms in total. The molecular weight excluding hydrogens is 360 g/mol. The molecular formula is C18H34O9. The molecule has 3 heterocycles. The van der Waals surface area contributed by atoms with Gasteiger partial charge in [-0.2, -0.15) is 0 Å². The van der Waals surface area contributed by atoms with Gasteiger partial charge in [-0.25, -0.2) is 0 Å². The molecule has 3 atom stereocenters. The summed E-state index contributed by atoms with van der Waals surface area (Å²) < 4.78 is 32.1. The predicted molar refractivity (Wildman–Crippen MR) is 94.6 cm³/mol. The molecule has 3 aliphatic heterocycles. The molecule has 3 fully saturated rings. The summed E-state index contributed by atoms with van der Waals surface area (Å²) in [6, 6.07) is 0. The summed E-state index contributed by atoms with van der Waals surface area (Å²) in [6.07, 6.45) is 1.41. The Morgan fingerprint density at radius 1 is 0.815 bits per heavy atom. The van der Waals surface area contributed by atoms with Crippen LogP contribution in [0.3, 0.4) is 0 Å². The van der Waals surface area contributed by atoms with Gasteiger partial charge in [-0.1, -0.05) is 6.92 Å². The van der Waals surface area contributed by atoms with Crippen LogP contribution in [0.25, 0.3) is 0 Å². The van der Waals surface area contributed by atoms with Crippen LogP contribution in [0.4, 0.5) is 0 Å². The average Bonchev–Trinajstić information content (AvgIpc) is 3.55. The van der Waals surface area contributed by atoms with Crippen LogP contribution in [-0.4, -0.2) is 112 Å². The number of epoxide rings is 3. The highest BCUT2D eigenvalue weighted by atomic mass is 16.6. The maximum atomic E-state index is 8.66. The first-order chi connectivity index (χ1) is 13.1. The summed E-state index contributed by atoms with van der Waals surface area (Å²) in [4.78, 5) is 0. The van der Waals surface area contributed by atoms with Gasteiger partial charge in [0.15, 0.2) is 0 Å². The van der Waals surface area contributed by atoms with Gasteiger partial charge < -0.3 is 43.7 Å². The summed E-state index contributed by atoms with van der Waals surface area (Å²) in [7, 11) is 0. The molecule has 3 unspecified atom stereocenters. The summed E-state index contributed by atoms with van der Waals surface area (Å²) in [5.41, 5.74) is -0.667. The zero-order chi connectivity index (χ0) is 19.5. The second-order valence-corrected chi connectivity index (χ2v) is 7.22. The molecule has 9 heteroatoms. The minimum Gasteiger partial charge on any atom is -0.396 e. The largest absolute Gasteiger partial charge is 0.396 e. The van der Waals surface area contributed by atoms with E-state index in [0.29, 0.717) is 39.5 Å². The normalized spacial score (nSPS) is 26.9. The van der Waals surface area contributed by atoms with Crippen LogP contribution in [0, 0.1) is 5.41 Å². The number of aliphatic hydroxyl groups is 3. The van der Waals surface area contributed by atoms with Crippen molar-refractivity contribution in [2.45, 2.75) is 37.8 Å². The molecule has 3 rings (SSSR count). The highest BCUT2D eigenvalue weighted by molar-refractivity contribution is 4.74. The van der Waals surface area contributed by atoms with Gasteiger partial charge in [0.2, 0.25) is 0 Å². The average molecular weight is 394 g/mol. The summed E-state index contributed by atoms with van der Waals surface area (Å²) in [6.45, 7) is 6.78. The molecule has 3 saturated heterocycles. The lowest BCUT2D eigenvalue weighted by Gasteiger charge is -2.24. The standard InChI is InChI=1S/C12H20O6.C6H14O3/c1(13-3-10-5-16-10)9(15-7-12-8-18-12)2-14-4-11-6-17-11;1-2-6(3-7,4-8)5-9/h9-12H,1-8H2;7-9H,2-5H2,1H3. The SMILES string of the molecule is C(OCC1CO1)C(COCC1CO1)OCC1CO1.CCC(CO)(CO)CO. The Morgan fingerprint density at radius 3 is 1.52 bits per heavy atom. The fourth-order valence-corrected chi connectivity index (χ4v) is 2.03. The van der Waals surface area contributed by atoms with Gasteiger partial charge in [-0.3, -0.25) is 0 Å². The van der Waals surface area contributed by atoms with Crippen molar-refractivity contribution in [3.63, 3.8) is 0 Å². The Morgan fingerprint density at radius 2 is 1.22 bits per heavy atom. The van der Waals surface area contributed by atoms with E-state index in [1.165, 1.54) is 0 Å². The maximum absolute atomic E-state index is 8.66. The third-order valence-corrected chi connectivity index (χ3v) is 4.70. The first-order valence-electron chi connectivity index (χ1n) is 9.59. The lowest BCUT2D eigenvalue weighted by molar-refractivity contribution is -0.0661. The van der Waals surface area contributed by atoms with E-state index in [2.05, 4.69) is 0 Å².